The summed E-state index contributed by atoms with van der Waals surface area (Å²) in [7, 11) is 12.1. The van der Waals surface area contributed by atoms with Gasteiger partial charge in [0.1, 0.15) is 0 Å². The molecule has 0 saturated carbocycles. The van der Waals surface area contributed by atoms with Crippen molar-refractivity contribution in [2.45, 2.75) is 0 Å². The molecule has 0 aliphatic rings. The third-order valence-electron chi connectivity index (χ3n) is 2.30. The van der Waals surface area contributed by atoms with Gasteiger partial charge in [-0.1, -0.05) is 0 Å². The van der Waals surface area contributed by atoms with E-state index in [4.69, 9.17) is 0 Å². The van der Waals surface area contributed by atoms with Gasteiger partial charge < -0.3 is 84.5 Å². The number of hydrogen-bond acceptors (Lipinski definition) is 16. The van der Waals surface area contributed by atoms with Gasteiger partial charge >= 0.3 is 141 Å². The average molecular weight is 755 g/mol. The molecule has 0 radical (unpaired) electrons. The van der Waals surface area contributed by atoms with Crippen LogP contribution in [0, 0.1) is 0 Å². The predicted octanol–water partition coefficient (Wildman–Crippen LogP) is -17.7. The molecule has 0 bridgehead atoms. The van der Waals surface area contributed by atoms with E-state index in [9.17, 15) is 40.9 Å². The Labute approximate surface area is 383 Å². The number of ether oxygens (including phenoxy) is 8. The van der Waals surface area contributed by atoms with Gasteiger partial charge in [0.25, 0.3) is 0 Å². The number of hydrogen-bond donors (Lipinski definition) is 0. The van der Waals surface area contributed by atoms with E-state index in [0.29, 0.717) is 52.9 Å². The Bertz CT molecular complexity index is 223. The van der Waals surface area contributed by atoms with Gasteiger partial charge in [-0.25, -0.2) is 0 Å². The Balaban J connectivity index is -0.0000000142. The van der Waals surface area contributed by atoms with Crippen LogP contribution in [-0.2, 0) is 37.9 Å². The SMILES string of the molecule is COCC[O-].COCC[O-].COCC[O-].COCC[O-].COCC[O-].COCC[O-].COCC[O-].COCC[O-].[Al+3].[Al+3].[Al+3].[H-].[H-].[H-].[H-].[Na+].[Na+].[Na+]. The minimum Gasteiger partial charge on any atom is -1.00 e. The van der Waals surface area contributed by atoms with Crippen LogP contribution in [0.5, 0.6) is 0 Å². The molecule has 0 aromatic carbocycles. The first-order valence-corrected chi connectivity index (χ1v) is 11.9. The maximum atomic E-state index is 9.40. The van der Waals surface area contributed by atoms with E-state index in [2.05, 4.69) is 37.9 Å². The maximum absolute atomic E-state index is 9.40. The second-order valence-electron chi connectivity index (χ2n) is 5.58. The third-order valence-corrected chi connectivity index (χ3v) is 2.30. The molecule has 0 amide bonds. The van der Waals surface area contributed by atoms with Crippen LogP contribution in [0.25, 0.3) is 0 Å². The van der Waals surface area contributed by atoms with Gasteiger partial charge in [0.15, 0.2) is 0 Å². The molecule has 0 spiro atoms. The molecule has 0 saturated heterocycles. The van der Waals surface area contributed by atoms with Crippen LogP contribution in [0.3, 0.4) is 0 Å². The van der Waals surface area contributed by atoms with Crippen LogP contribution >= 0.6 is 0 Å². The van der Waals surface area contributed by atoms with E-state index < -0.39 is 0 Å². The molecule has 22 heteroatoms. The van der Waals surface area contributed by atoms with Gasteiger partial charge in [-0.2, -0.15) is 0 Å². The van der Waals surface area contributed by atoms with Crippen molar-refractivity contribution in [1.82, 2.24) is 0 Å². The van der Waals surface area contributed by atoms with E-state index in [1.807, 2.05) is 0 Å². The Hall–Kier alpha value is 3.96. The van der Waals surface area contributed by atoms with Crippen molar-refractivity contribution in [3.05, 3.63) is 0 Å². The molecule has 264 valence electrons. The van der Waals surface area contributed by atoms with E-state index in [-0.39, 0.29) is 199 Å². The van der Waals surface area contributed by atoms with E-state index in [1.165, 1.54) is 56.9 Å². The fourth-order valence-corrected chi connectivity index (χ4v) is 0.667. The van der Waals surface area contributed by atoms with Gasteiger partial charge in [-0.05, 0) is 0 Å². The van der Waals surface area contributed by atoms with Gasteiger partial charge in [0.2, 0.25) is 0 Å². The summed E-state index contributed by atoms with van der Waals surface area (Å²) >= 11 is 0. The van der Waals surface area contributed by atoms with Crippen LogP contribution in [-0.4, -0.2) is 215 Å². The molecule has 16 nitrogen and oxygen atoms in total. The zero-order chi connectivity index (χ0) is 33.0. The van der Waals surface area contributed by atoms with Gasteiger partial charge in [0, 0.05) is 110 Å². The summed E-state index contributed by atoms with van der Waals surface area (Å²) < 4.78 is 35.0. The molecule has 0 heterocycles. The first-order chi connectivity index (χ1) is 19.3. The van der Waals surface area contributed by atoms with E-state index >= 15 is 0 Å². The van der Waals surface area contributed by atoms with Crippen LogP contribution in [0.4, 0.5) is 0 Å². The maximum Gasteiger partial charge on any atom is 3.00 e. The zero-order valence-corrected chi connectivity index (χ0v) is 40.0. The third kappa shape index (κ3) is 265. The van der Waals surface area contributed by atoms with Crippen molar-refractivity contribution >= 4 is 52.1 Å². The summed E-state index contributed by atoms with van der Waals surface area (Å²) in [6, 6.07) is 0. The molecule has 46 heavy (non-hydrogen) atoms. The minimum atomic E-state index is -0.128. The number of methoxy groups -OCH3 is 8. The molecule has 0 fully saturated rings. The van der Waals surface area contributed by atoms with Gasteiger partial charge in [-0.3, -0.25) is 0 Å². The van der Waals surface area contributed by atoms with Gasteiger partial charge in [-0.15, -0.1) is 52.9 Å². The molecule has 0 aliphatic heterocycles. The van der Waals surface area contributed by atoms with Crippen molar-refractivity contribution in [2.75, 3.05) is 163 Å². The van der Waals surface area contributed by atoms with Crippen LogP contribution in [0.1, 0.15) is 5.71 Å². The van der Waals surface area contributed by atoms with Crippen molar-refractivity contribution in [2.24, 2.45) is 0 Å². The average Bonchev–Trinajstić information content (AvgIpc) is 2.95. The molecule has 0 unspecified atom stereocenters. The smallest absolute Gasteiger partial charge is 1.00 e. The summed E-state index contributed by atoms with van der Waals surface area (Å²) in [4.78, 5) is 0. The molecular formula is C24H60Al3Na3O16. The second-order valence-corrected chi connectivity index (χ2v) is 5.58. The standard InChI is InChI=1S/8C3H7O2.3Al.3Na.4H/c8*1-5-3-2-4;;;;;;;;;;/h8*2-3H2,1H3;;;;;;;;;;/q8*-1;3*+3;3*+1;4*-1. The summed E-state index contributed by atoms with van der Waals surface area (Å²) in [6.45, 7) is 1.64. The first-order valence-electron chi connectivity index (χ1n) is 11.9. The largest absolute Gasteiger partial charge is 3.00 e. The molecular weight excluding hydrogens is 694 g/mol. The summed E-state index contributed by atoms with van der Waals surface area (Å²) in [5.74, 6) is 0. The summed E-state index contributed by atoms with van der Waals surface area (Å²) in [5, 5.41) is 75.2. The van der Waals surface area contributed by atoms with Crippen LogP contribution in [0.2, 0.25) is 0 Å². The Morgan fingerprint density at radius 2 is 0.326 bits per heavy atom. The minimum absolute atomic E-state index is 0. The van der Waals surface area contributed by atoms with Crippen LogP contribution in [0.15, 0.2) is 0 Å². The van der Waals surface area contributed by atoms with E-state index in [0.717, 1.165) is 0 Å². The molecule has 0 aromatic rings. The molecule has 0 N–H and O–H groups in total. The first kappa shape index (κ1) is 92.6. The Morgan fingerprint density at radius 3 is 0.326 bits per heavy atom. The van der Waals surface area contributed by atoms with Crippen LogP contribution < -0.4 is 130 Å². The van der Waals surface area contributed by atoms with E-state index in [1.54, 1.807) is 0 Å². The monoisotopic (exact) mass is 754 g/mol. The fraction of sp³-hybridized carbons (Fsp3) is 1.00. The second kappa shape index (κ2) is 144. The number of rotatable bonds is 16. The van der Waals surface area contributed by atoms with Crippen molar-refractivity contribution in [3.8, 4) is 0 Å². The predicted molar refractivity (Wildman–Crippen MR) is 156 cm³/mol. The fourth-order valence-electron chi connectivity index (χ4n) is 0.667. The van der Waals surface area contributed by atoms with Crippen molar-refractivity contribution < 1.29 is 173 Å². The van der Waals surface area contributed by atoms with Gasteiger partial charge in [0.05, 0.1) is 0 Å². The molecule has 0 atom stereocenters. The molecule has 0 aliphatic carbocycles. The summed E-state index contributed by atoms with van der Waals surface area (Å²) in [5.41, 5.74) is 0. The molecule has 0 aromatic heterocycles. The van der Waals surface area contributed by atoms with Crippen molar-refractivity contribution in [3.63, 3.8) is 0 Å². The molecule has 0 rings (SSSR count). The summed E-state index contributed by atoms with van der Waals surface area (Å²) in [6.07, 6.45) is 0. The Morgan fingerprint density at radius 1 is 0.261 bits per heavy atom. The zero-order valence-electron chi connectivity index (χ0n) is 34.6. The van der Waals surface area contributed by atoms with Crippen molar-refractivity contribution in [1.29, 1.82) is 0 Å². The topological polar surface area (TPSA) is 258 Å². The Kier molecular flexibility index (Phi) is 290. The normalized spacial score (nSPS) is 7.30. The quantitative estimate of drug-likeness (QED) is 0.133.